The number of ether oxygens (including phenoxy) is 3. The number of benzene rings is 2. The maximum Gasteiger partial charge on any atom is 0.407 e. The van der Waals surface area contributed by atoms with E-state index in [-0.39, 0.29) is 35.2 Å². The first-order valence-corrected chi connectivity index (χ1v) is 19.5. The van der Waals surface area contributed by atoms with Gasteiger partial charge in [-0.2, -0.15) is 5.10 Å². The van der Waals surface area contributed by atoms with Crippen LogP contribution in [0.3, 0.4) is 0 Å². The summed E-state index contributed by atoms with van der Waals surface area (Å²) in [6.45, 7) is 12.7. The Morgan fingerprint density at radius 1 is 0.882 bits per heavy atom. The predicted octanol–water partition coefficient (Wildman–Crippen LogP) is 8.36. The van der Waals surface area contributed by atoms with Gasteiger partial charge in [-0.3, -0.25) is 4.79 Å². The van der Waals surface area contributed by atoms with Gasteiger partial charge in [0.15, 0.2) is 5.79 Å². The Morgan fingerprint density at radius 3 is 2.25 bits per heavy atom. The highest BCUT2D eigenvalue weighted by atomic mass is 16.7. The van der Waals surface area contributed by atoms with Crippen molar-refractivity contribution in [3.05, 3.63) is 71.3 Å². The van der Waals surface area contributed by atoms with Gasteiger partial charge >= 0.3 is 6.09 Å². The summed E-state index contributed by atoms with van der Waals surface area (Å²) in [6, 6.07) is 15.8. The molecule has 6 aliphatic rings. The lowest BCUT2D eigenvalue weighted by Crippen LogP contribution is -2.53. The van der Waals surface area contributed by atoms with E-state index in [1.165, 1.54) is 48.8 Å². The van der Waals surface area contributed by atoms with Crippen LogP contribution in [0.25, 0.3) is 11.1 Å². The number of allylic oxidation sites excluding steroid dienone is 2. The first-order valence-electron chi connectivity index (χ1n) is 19.5. The molecule has 4 fully saturated rings. The number of amides is 2. The van der Waals surface area contributed by atoms with Gasteiger partial charge in [-0.05, 0) is 121 Å². The van der Waals surface area contributed by atoms with Crippen molar-refractivity contribution in [2.45, 2.75) is 104 Å². The van der Waals surface area contributed by atoms with E-state index in [9.17, 15) is 9.59 Å². The molecule has 1 saturated heterocycles. The zero-order chi connectivity index (χ0) is 35.5. The molecule has 0 radical (unpaired) electrons. The van der Waals surface area contributed by atoms with Gasteiger partial charge in [0.25, 0.3) is 5.91 Å². The van der Waals surface area contributed by atoms with Crippen molar-refractivity contribution in [2.75, 3.05) is 19.8 Å². The van der Waals surface area contributed by atoms with Gasteiger partial charge in [-0.1, -0.05) is 81.8 Å². The molecule has 5 aliphatic carbocycles. The number of nitrogens with one attached hydrogen (secondary N) is 2. The highest BCUT2D eigenvalue weighted by molar-refractivity contribution is 5.98. The Bertz CT molecular complexity index is 1700. The normalized spacial score (nSPS) is 33.4. The van der Waals surface area contributed by atoms with E-state index in [1.807, 2.05) is 38.1 Å². The molecular weight excluding hydrogens is 638 g/mol. The lowest BCUT2D eigenvalue weighted by atomic mass is 9.46. The Kier molecular flexibility index (Phi) is 8.93. The molecule has 2 N–H and O–H groups in total. The number of carbonyl (C=O) groups is 2. The highest BCUT2D eigenvalue weighted by Gasteiger charge is 2.63. The largest absolute Gasteiger partial charge is 0.449 e. The van der Waals surface area contributed by atoms with Crippen LogP contribution in [0.15, 0.2) is 65.3 Å². The average Bonchev–Trinajstić information content (AvgIpc) is 3.82. The third-order valence-corrected chi connectivity index (χ3v) is 14.3. The zero-order valence-corrected chi connectivity index (χ0v) is 31.0. The summed E-state index contributed by atoms with van der Waals surface area (Å²) in [5.41, 5.74) is 10.3. The minimum Gasteiger partial charge on any atom is -0.449 e. The van der Waals surface area contributed by atoms with Gasteiger partial charge in [-0.25, -0.2) is 10.2 Å². The smallest absolute Gasteiger partial charge is 0.407 e. The molecule has 0 spiro atoms. The van der Waals surface area contributed by atoms with Crippen LogP contribution in [0.1, 0.15) is 103 Å². The van der Waals surface area contributed by atoms with Gasteiger partial charge in [-0.15, -0.1) is 0 Å². The van der Waals surface area contributed by atoms with Crippen LogP contribution in [0.2, 0.25) is 0 Å². The second-order valence-electron chi connectivity index (χ2n) is 17.2. The standard InChI is InChI=1S/C43H55N3O5/c1-26(2)38(44-40(48)49-25-34-31-12-8-6-10-29(31)30-11-7-9-13-32(30)34)39(47)46-45-28-18-20-41(3)27(24-28)14-15-33-35-16-17-37(43(5)50-22-23-51-43)42(35,4)21-19-36(33)41/h6-13,24,26,33-38H,14-23,25H2,1-5H3,(H,44,48)(H,46,47)/b45-28+/t33?,35?,36?,37-,38-,41-,42-/m0/s1. The number of alkyl carbamates (subject to hydrolysis) is 1. The minimum absolute atomic E-state index is 0.0428. The molecule has 2 aromatic rings. The molecule has 8 nitrogen and oxygen atoms in total. The Hall–Kier alpha value is -3.49. The fourth-order valence-corrected chi connectivity index (χ4v) is 11.8. The van der Waals surface area contributed by atoms with Crippen LogP contribution in [0.4, 0.5) is 4.79 Å². The fourth-order valence-electron chi connectivity index (χ4n) is 11.8. The van der Waals surface area contributed by atoms with Crippen molar-refractivity contribution in [3.8, 4) is 11.1 Å². The molecule has 272 valence electrons. The van der Waals surface area contributed by atoms with E-state index >= 15 is 0 Å². The topological polar surface area (TPSA) is 98.2 Å². The number of fused-ring (bicyclic) bond motifs is 8. The van der Waals surface area contributed by atoms with Crippen molar-refractivity contribution < 1.29 is 23.8 Å². The van der Waals surface area contributed by atoms with Gasteiger partial charge in [0.05, 0.1) is 18.9 Å². The van der Waals surface area contributed by atoms with Crippen LogP contribution in [0.5, 0.6) is 0 Å². The van der Waals surface area contributed by atoms with Crippen molar-refractivity contribution in [3.63, 3.8) is 0 Å². The Labute approximate surface area is 303 Å². The second-order valence-corrected chi connectivity index (χ2v) is 17.2. The summed E-state index contributed by atoms with van der Waals surface area (Å²) in [4.78, 5) is 26.5. The summed E-state index contributed by atoms with van der Waals surface area (Å²) in [6.07, 6.45) is 10.8. The van der Waals surface area contributed by atoms with Crippen molar-refractivity contribution in [1.82, 2.24) is 10.7 Å². The third kappa shape index (κ3) is 5.85. The van der Waals surface area contributed by atoms with E-state index in [2.05, 4.69) is 67.0 Å². The molecule has 8 rings (SSSR count). The third-order valence-electron chi connectivity index (χ3n) is 14.3. The van der Waals surface area contributed by atoms with Crippen molar-refractivity contribution >= 4 is 17.7 Å². The molecule has 2 amide bonds. The fraction of sp³-hybridized carbons (Fsp3) is 0.605. The van der Waals surface area contributed by atoms with Crippen LogP contribution >= 0.6 is 0 Å². The SMILES string of the molecule is CC(C)[C@H](NC(=O)OCC1c2ccccc2-c2ccccc21)C(=O)N/N=C1/C=C2CCC3C(CC[C@@]4(C)C3CC[C@@H]4C3(C)OCCO3)[C@@]2(C)CC1. The van der Waals surface area contributed by atoms with Crippen molar-refractivity contribution in [2.24, 2.45) is 45.5 Å². The molecule has 8 heteroatoms. The van der Waals surface area contributed by atoms with E-state index in [1.54, 1.807) is 0 Å². The van der Waals surface area contributed by atoms with Gasteiger partial charge in [0, 0.05) is 11.8 Å². The minimum atomic E-state index is -0.768. The first-order chi connectivity index (χ1) is 24.5. The van der Waals surface area contributed by atoms with Gasteiger partial charge in [0.2, 0.25) is 0 Å². The molecular formula is C43H55N3O5. The van der Waals surface area contributed by atoms with Crippen LogP contribution in [-0.4, -0.2) is 49.4 Å². The van der Waals surface area contributed by atoms with Crippen LogP contribution in [-0.2, 0) is 19.0 Å². The van der Waals surface area contributed by atoms with Gasteiger partial charge in [0.1, 0.15) is 12.6 Å². The van der Waals surface area contributed by atoms with E-state index in [0.29, 0.717) is 25.0 Å². The number of hydrogen-bond acceptors (Lipinski definition) is 6. The maximum absolute atomic E-state index is 13.4. The molecule has 3 saturated carbocycles. The monoisotopic (exact) mass is 693 g/mol. The number of hydrazone groups is 1. The molecule has 3 unspecified atom stereocenters. The molecule has 1 aliphatic heterocycles. The molecule has 2 aromatic carbocycles. The van der Waals surface area contributed by atoms with E-state index < -0.39 is 17.9 Å². The second kappa shape index (κ2) is 13.2. The summed E-state index contributed by atoms with van der Waals surface area (Å²) in [7, 11) is 0. The number of rotatable bonds is 7. The predicted molar refractivity (Wildman–Crippen MR) is 198 cm³/mol. The quantitative estimate of drug-likeness (QED) is 0.284. The molecule has 7 atom stereocenters. The van der Waals surface area contributed by atoms with E-state index in [0.717, 1.165) is 47.9 Å². The lowest BCUT2D eigenvalue weighted by Gasteiger charge is -2.59. The molecule has 51 heavy (non-hydrogen) atoms. The number of hydrogen-bond donors (Lipinski definition) is 2. The summed E-state index contributed by atoms with van der Waals surface area (Å²) in [5.74, 6) is 1.65. The van der Waals surface area contributed by atoms with Crippen LogP contribution < -0.4 is 10.7 Å². The Balaban J connectivity index is 0.894. The molecule has 0 bridgehead atoms. The lowest BCUT2D eigenvalue weighted by molar-refractivity contribution is -0.214. The number of carbonyl (C=O) groups excluding carboxylic acids is 2. The molecule has 0 aromatic heterocycles. The summed E-state index contributed by atoms with van der Waals surface area (Å²) < 4.78 is 18.2. The maximum atomic E-state index is 13.4. The summed E-state index contributed by atoms with van der Waals surface area (Å²) >= 11 is 0. The first kappa shape index (κ1) is 34.6. The van der Waals surface area contributed by atoms with Gasteiger partial charge < -0.3 is 19.5 Å². The van der Waals surface area contributed by atoms with Crippen molar-refractivity contribution in [1.29, 1.82) is 0 Å². The molecule has 1 heterocycles. The average molecular weight is 694 g/mol. The summed E-state index contributed by atoms with van der Waals surface area (Å²) in [5, 5.41) is 7.45. The highest BCUT2D eigenvalue weighted by Crippen LogP contribution is 2.68. The van der Waals surface area contributed by atoms with E-state index in [4.69, 9.17) is 14.2 Å². The number of nitrogens with zero attached hydrogens (tertiary/aromatic N) is 1. The van der Waals surface area contributed by atoms with Crippen LogP contribution in [0, 0.1) is 40.4 Å². The zero-order valence-electron chi connectivity index (χ0n) is 31.0. The Morgan fingerprint density at radius 2 is 1.57 bits per heavy atom.